The second-order valence-electron chi connectivity index (χ2n) is 6.52. The van der Waals surface area contributed by atoms with Crippen LogP contribution in [0.4, 0.5) is 11.5 Å². The number of rotatable bonds is 3. The first kappa shape index (κ1) is 15.5. The van der Waals surface area contributed by atoms with Crippen LogP contribution in [-0.2, 0) is 12.0 Å². The fourth-order valence-corrected chi connectivity index (χ4v) is 2.31. The molecule has 0 fully saturated rings. The van der Waals surface area contributed by atoms with E-state index in [0.29, 0.717) is 6.54 Å². The molecule has 3 nitrogen and oxygen atoms in total. The van der Waals surface area contributed by atoms with Crippen molar-refractivity contribution in [2.24, 2.45) is 5.73 Å². The highest BCUT2D eigenvalue weighted by atomic mass is 15.2. The Morgan fingerprint density at radius 2 is 1.81 bits per heavy atom. The highest BCUT2D eigenvalue weighted by molar-refractivity contribution is 5.63. The molecular weight excluding hydrogens is 258 g/mol. The standard InChI is InChI=1S/C18H25N3/c1-13-8-6-7-9-15(13)21(5)17-11-14(12-19)10-16(20-17)18(2,3)4/h6-11H,12,19H2,1-5H3. The quantitative estimate of drug-likeness (QED) is 0.928. The molecule has 0 bridgehead atoms. The van der Waals surface area contributed by atoms with Crippen molar-refractivity contribution in [1.29, 1.82) is 0 Å². The van der Waals surface area contributed by atoms with E-state index < -0.39 is 0 Å². The Morgan fingerprint density at radius 1 is 1.14 bits per heavy atom. The number of nitrogens with zero attached hydrogens (tertiary/aromatic N) is 2. The second-order valence-corrected chi connectivity index (χ2v) is 6.52. The van der Waals surface area contributed by atoms with Crippen LogP contribution in [0.2, 0.25) is 0 Å². The van der Waals surface area contributed by atoms with Gasteiger partial charge >= 0.3 is 0 Å². The van der Waals surface area contributed by atoms with E-state index in [2.05, 4.69) is 76.0 Å². The van der Waals surface area contributed by atoms with E-state index in [-0.39, 0.29) is 5.41 Å². The van der Waals surface area contributed by atoms with Crippen molar-refractivity contribution < 1.29 is 0 Å². The summed E-state index contributed by atoms with van der Waals surface area (Å²) < 4.78 is 0. The van der Waals surface area contributed by atoms with Crippen LogP contribution in [0, 0.1) is 6.92 Å². The number of para-hydroxylation sites is 1. The van der Waals surface area contributed by atoms with Crippen molar-refractivity contribution in [3.8, 4) is 0 Å². The van der Waals surface area contributed by atoms with Crippen molar-refractivity contribution in [3.05, 3.63) is 53.2 Å². The molecule has 0 aliphatic heterocycles. The summed E-state index contributed by atoms with van der Waals surface area (Å²) in [7, 11) is 2.05. The zero-order valence-electron chi connectivity index (χ0n) is 13.6. The van der Waals surface area contributed by atoms with Crippen LogP contribution >= 0.6 is 0 Å². The molecule has 0 amide bonds. The molecular formula is C18H25N3. The highest BCUT2D eigenvalue weighted by Gasteiger charge is 2.18. The number of aromatic nitrogens is 1. The Labute approximate surface area is 127 Å². The lowest BCUT2D eigenvalue weighted by molar-refractivity contribution is 0.568. The first-order valence-corrected chi connectivity index (χ1v) is 7.34. The summed E-state index contributed by atoms with van der Waals surface area (Å²) in [5.41, 5.74) is 10.4. The van der Waals surface area contributed by atoms with Gasteiger partial charge in [-0.15, -0.1) is 0 Å². The fourth-order valence-electron chi connectivity index (χ4n) is 2.31. The van der Waals surface area contributed by atoms with E-state index in [4.69, 9.17) is 10.7 Å². The summed E-state index contributed by atoms with van der Waals surface area (Å²) in [5, 5.41) is 0. The van der Waals surface area contributed by atoms with Gasteiger partial charge in [-0.1, -0.05) is 39.0 Å². The van der Waals surface area contributed by atoms with Crippen molar-refractivity contribution >= 4 is 11.5 Å². The monoisotopic (exact) mass is 283 g/mol. The predicted molar refractivity (Wildman–Crippen MR) is 90.1 cm³/mol. The van der Waals surface area contributed by atoms with Gasteiger partial charge in [-0.05, 0) is 36.2 Å². The van der Waals surface area contributed by atoms with Crippen LogP contribution in [0.5, 0.6) is 0 Å². The summed E-state index contributed by atoms with van der Waals surface area (Å²) in [5.74, 6) is 0.942. The average Bonchev–Trinajstić information content (AvgIpc) is 2.45. The molecule has 0 aliphatic carbocycles. The smallest absolute Gasteiger partial charge is 0.133 e. The molecule has 0 spiro atoms. The normalized spacial score (nSPS) is 11.5. The Hall–Kier alpha value is -1.87. The zero-order chi connectivity index (χ0) is 15.6. The lowest BCUT2D eigenvalue weighted by atomic mass is 9.90. The summed E-state index contributed by atoms with van der Waals surface area (Å²) in [6.45, 7) is 9.16. The molecule has 1 aromatic carbocycles. The number of nitrogens with two attached hydrogens (primary N) is 1. The molecule has 0 saturated carbocycles. The third-order valence-corrected chi connectivity index (χ3v) is 3.70. The van der Waals surface area contributed by atoms with Gasteiger partial charge in [0.1, 0.15) is 5.82 Å². The van der Waals surface area contributed by atoms with Crippen molar-refractivity contribution in [2.75, 3.05) is 11.9 Å². The SMILES string of the molecule is Cc1ccccc1N(C)c1cc(CN)cc(C(C)(C)C)n1. The zero-order valence-corrected chi connectivity index (χ0v) is 13.6. The molecule has 1 heterocycles. The van der Waals surface area contributed by atoms with Gasteiger partial charge in [0.15, 0.2) is 0 Å². The minimum atomic E-state index is 0.00645. The maximum Gasteiger partial charge on any atom is 0.133 e. The van der Waals surface area contributed by atoms with Gasteiger partial charge in [0.05, 0.1) is 0 Å². The van der Waals surface area contributed by atoms with E-state index in [0.717, 1.165) is 17.1 Å². The Balaban J connectivity index is 2.51. The van der Waals surface area contributed by atoms with Crippen LogP contribution in [0.25, 0.3) is 0 Å². The molecule has 0 atom stereocenters. The van der Waals surface area contributed by atoms with Gasteiger partial charge in [0.2, 0.25) is 0 Å². The lowest BCUT2D eigenvalue weighted by Crippen LogP contribution is -2.19. The molecule has 1 aromatic heterocycles. The molecule has 112 valence electrons. The molecule has 0 aliphatic rings. The number of aryl methyl sites for hydroxylation is 1. The van der Waals surface area contributed by atoms with E-state index in [1.54, 1.807) is 0 Å². The Morgan fingerprint density at radius 3 is 2.38 bits per heavy atom. The number of benzene rings is 1. The van der Waals surface area contributed by atoms with E-state index in [1.165, 1.54) is 11.3 Å². The molecule has 2 N–H and O–H groups in total. The molecule has 21 heavy (non-hydrogen) atoms. The fraction of sp³-hybridized carbons (Fsp3) is 0.389. The van der Waals surface area contributed by atoms with E-state index in [9.17, 15) is 0 Å². The number of pyridine rings is 1. The van der Waals surface area contributed by atoms with Crippen LogP contribution in [0.15, 0.2) is 36.4 Å². The van der Waals surface area contributed by atoms with Gasteiger partial charge in [0, 0.05) is 30.4 Å². The largest absolute Gasteiger partial charge is 0.329 e. The minimum Gasteiger partial charge on any atom is -0.329 e. The molecule has 2 aromatic rings. The topological polar surface area (TPSA) is 42.1 Å². The number of anilines is 2. The Bertz CT molecular complexity index is 627. The summed E-state index contributed by atoms with van der Waals surface area (Å²) in [4.78, 5) is 6.97. The molecule has 0 radical (unpaired) electrons. The second kappa shape index (κ2) is 5.86. The average molecular weight is 283 g/mol. The molecule has 0 saturated heterocycles. The first-order chi connectivity index (χ1) is 9.82. The van der Waals surface area contributed by atoms with Gasteiger partial charge in [-0.3, -0.25) is 0 Å². The minimum absolute atomic E-state index is 0.00645. The maximum atomic E-state index is 5.85. The van der Waals surface area contributed by atoms with Gasteiger partial charge in [-0.2, -0.15) is 0 Å². The summed E-state index contributed by atoms with van der Waals surface area (Å²) in [6, 6.07) is 12.5. The van der Waals surface area contributed by atoms with Crippen LogP contribution in [-0.4, -0.2) is 12.0 Å². The van der Waals surface area contributed by atoms with Gasteiger partial charge < -0.3 is 10.6 Å². The van der Waals surface area contributed by atoms with Crippen molar-refractivity contribution in [3.63, 3.8) is 0 Å². The molecule has 0 unspecified atom stereocenters. The summed E-state index contributed by atoms with van der Waals surface area (Å²) in [6.07, 6.45) is 0. The van der Waals surface area contributed by atoms with E-state index >= 15 is 0 Å². The van der Waals surface area contributed by atoms with Crippen LogP contribution in [0.1, 0.15) is 37.6 Å². The lowest BCUT2D eigenvalue weighted by Gasteiger charge is -2.25. The predicted octanol–water partition coefficient (Wildman–Crippen LogP) is 3.91. The van der Waals surface area contributed by atoms with Crippen LogP contribution in [0.3, 0.4) is 0 Å². The summed E-state index contributed by atoms with van der Waals surface area (Å²) >= 11 is 0. The third kappa shape index (κ3) is 3.42. The number of hydrogen-bond donors (Lipinski definition) is 1. The highest BCUT2D eigenvalue weighted by Crippen LogP contribution is 2.29. The first-order valence-electron chi connectivity index (χ1n) is 7.34. The van der Waals surface area contributed by atoms with E-state index in [1.807, 2.05) is 0 Å². The maximum absolute atomic E-state index is 5.85. The van der Waals surface area contributed by atoms with Gasteiger partial charge in [-0.25, -0.2) is 4.98 Å². The number of hydrogen-bond acceptors (Lipinski definition) is 3. The molecule has 2 rings (SSSR count). The Kier molecular flexibility index (Phi) is 4.33. The van der Waals surface area contributed by atoms with Crippen molar-refractivity contribution in [1.82, 2.24) is 4.98 Å². The molecule has 3 heteroatoms. The van der Waals surface area contributed by atoms with Crippen molar-refractivity contribution in [2.45, 2.75) is 39.7 Å². The van der Waals surface area contributed by atoms with Gasteiger partial charge in [0.25, 0.3) is 0 Å². The van der Waals surface area contributed by atoms with Crippen LogP contribution < -0.4 is 10.6 Å². The third-order valence-electron chi connectivity index (χ3n) is 3.70.